The van der Waals surface area contributed by atoms with E-state index in [1.807, 2.05) is 0 Å². The Morgan fingerprint density at radius 2 is 0.972 bits per heavy atom. The van der Waals surface area contributed by atoms with Crippen LogP contribution in [0.25, 0.3) is 0 Å². The topological polar surface area (TPSA) is 3.24 Å². The molecular formula is C33H35INP. The Kier molecular flexibility index (Phi) is 6.79. The van der Waals surface area contributed by atoms with Crippen molar-refractivity contribution in [3.05, 3.63) is 127 Å². The normalized spacial score (nSPS) is 23.5. The number of benzene rings is 4. The molecule has 4 aromatic rings. The van der Waals surface area contributed by atoms with Crippen molar-refractivity contribution in [1.29, 1.82) is 0 Å². The standard InChI is InChI=1S/C33H35INP/c34-36(30-18-7-2-8-19-30,31-20-9-3-10-21-31,32-22-11-4-12-23-32)33-28-16-13-17-29(33)26-35(25-28)24-27-14-5-1-6-15-27/h1-12,14-15,18-23,28-29,33H,13,16-17,24-26H2. The summed E-state index contributed by atoms with van der Waals surface area (Å²) in [5, 5.41) is 4.62. The van der Waals surface area contributed by atoms with Crippen LogP contribution < -0.4 is 15.9 Å². The molecular weight excluding hydrogens is 568 g/mol. The van der Waals surface area contributed by atoms with Gasteiger partial charge in [0.2, 0.25) is 0 Å². The van der Waals surface area contributed by atoms with Crippen LogP contribution in [-0.2, 0) is 6.54 Å². The van der Waals surface area contributed by atoms with Gasteiger partial charge in [-0.2, -0.15) is 0 Å². The van der Waals surface area contributed by atoms with Crippen LogP contribution >= 0.6 is 26.3 Å². The Hall–Kier alpha value is -2.00. The first kappa shape index (κ1) is 24.3. The Balaban J connectivity index is 1.54. The summed E-state index contributed by atoms with van der Waals surface area (Å²) in [5.41, 5.74) is 2.08. The summed E-state index contributed by atoms with van der Waals surface area (Å²) >= 11 is 3.06. The van der Waals surface area contributed by atoms with Crippen molar-refractivity contribution >= 4 is 42.2 Å². The summed E-state index contributed by atoms with van der Waals surface area (Å²) < 4.78 is -2.83. The van der Waals surface area contributed by atoms with Crippen molar-refractivity contribution in [3.63, 3.8) is 0 Å². The van der Waals surface area contributed by atoms with E-state index in [0.29, 0.717) is 17.5 Å². The first-order valence-electron chi connectivity index (χ1n) is 13.3. The molecule has 1 aliphatic carbocycles. The van der Waals surface area contributed by atoms with Crippen LogP contribution in [0.2, 0.25) is 0 Å². The Labute approximate surface area is 229 Å². The Morgan fingerprint density at radius 3 is 1.39 bits per heavy atom. The minimum atomic E-state index is -2.83. The summed E-state index contributed by atoms with van der Waals surface area (Å²) in [6.45, 7) is 3.46. The number of nitrogens with zero attached hydrogens (tertiary/aromatic N) is 1. The van der Waals surface area contributed by atoms with Crippen LogP contribution in [0.3, 0.4) is 0 Å². The maximum atomic E-state index is 3.06. The van der Waals surface area contributed by atoms with Gasteiger partial charge in [-0.25, -0.2) is 0 Å². The molecule has 1 saturated heterocycles. The van der Waals surface area contributed by atoms with E-state index in [4.69, 9.17) is 0 Å². The number of rotatable bonds is 6. The van der Waals surface area contributed by atoms with Gasteiger partial charge in [-0.3, -0.25) is 0 Å². The third-order valence-electron chi connectivity index (χ3n) is 8.69. The monoisotopic (exact) mass is 603 g/mol. The van der Waals surface area contributed by atoms with Crippen molar-refractivity contribution in [2.24, 2.45) is 11.8 Å². The van der Waals surface area contributed by atoms with E-state index in [9.17, 15) is 0 Å². The molecule has 3 heteroatoms. The number of fused-ring (bicyclic) bond motifs is 2. The molecule has 1 saturated carbocycles. The van der Waals surface area contributed by atoms with Gasteiger partial charge in [-0.1, -0.05) is 0 Å². The fourth-order valence-corrected chi connectivity index (χ4v) is 19.3. The summed E-state index contributed by atoms with van der Waals surface area (Å²) in [6.07, 6.45) is 4.03. The van der Waals surface area contributed by atoms with E-state index < -0.39 is 4.25 Å². The molecule has 0 spiro atoms. The molecule has 4 aromatic carbocycles. The van der Waals surface area contributed by atoms with Gasteiger partial charge in [-0.05, 0) is 0 Å². The van der Waals surface area contributed by atoms with Gasteiger partial charge in [0.05, 0.1) is 0 Å². The van der Waals surface area contributed by atoms with Crippen molar-refractivity contribution in [1.82, 2.24) is 4.90 Å². The van der Waals surface area contributed by atoms with Gasteiger partial charge in [0.15, 0.2) is 0 Å². The second-order valence-corrected chi connectivity index (χ2v) is 21.0. The quantitative estimate of drug-likeness (QED) is 0.167. The molecule has 0 aromatic heterocycles. The van der Waals surface area contributed by atoms with E-state index >= 15 is 0 Å². The van der Waals surface area contributed by atoms with Crippen molar-refractivity contribution < 1.29 is 0 Å². The molecule has 2 fully saturated rings. The number of likely N-dealkylation sites (tertiary alicyclic amines) is 1. The average Bonchev–Trinajstić information content (AvgIpc) is 2.94. The van der Waals surface area contributed by atoms with Crippen LogP contribution in [0.15, 0.2) is 121 Å². The van der Waals surface area contributed by atoms with Crippen LogP contribution in [-0.4, -0.2) is 23.6 Å². The van der Waals surface area contributed by atoms with E-state index in [1.54, 1.807) is 15.9 Å². The summed E-state index contributed by atoms with van der Waals surface area (Å²) in [6, 6.07) is 45.9. The number of hydrogen-bond donors (Lipinski definition) is 0. The zero-order valence-electron chi connectivity index (χ0n) is 20.8. The first-order chi connectivity index (χ1) is 17.7. The van der Waals surface area contributed by atoms with Crippen LogP contribution in [0.1, 0.15) is 24.8 Å². The Bertz CT molecular complexity index is 1170. The van der Waals surface area contributed by atoms with E-state index in [1.165, 1.54) is 37.9 Å². The van der Waals surface area contributed by atoms with E-state index in [2.05, 4.69) is 148 Å². The van der Waals surface area contributed by atoms with Crippen LogP contribution in [0.4, 0.5) is 0 Å². The molecule has 2 atom stereocenters. The number of halogens is 1. The average molecular weight is 604 g/mol. The van der Waals surface area contributed by atoms with Crippen LogP contribution in [0, 0.1) is 11.8 Å². The molecule has 2 bridgehead atoms. The fourth-order valence-electron chi connectivity index (χ4n) is 7.39. The molecule has 0 radical (unpaired) electrons. The van der Waals surface area contributed by atoms with Crippen molar-refractivity contribution in [2.45, 2.75) is 31.5 Å². The van der Waals surface area contributed by atoms with Crippen molar-refractivity contribution in [3.8, 4) is 0 Å². The number of piperidine rings is 1. The zero-order valence-corrected chi connectivity index (χ0v) is 23.8. The molecule has 0 N–H and O–H groups in total. The fraction of sp³-hybridized carbons (Fsp3) is 0.273. The summed E-state index contributed by atoms with van der Waals surface area (Å²) in [7, 11) is 0. The predicted octanol–water partition coefficient (Wildman–Crippen LogP) is 7.17. The second kappa shape index (κ2) is 10.0. The SMILES string of the molecule is IP(c1ccccc1)(c1ccccc1)(c1ccccc1)C1C2CCCC1CN(Cc1ccccc1)C2. The van der Waals surface area contributed by atoms with Gasteiger partial charge in [-0.15, -0.1) is 0 Å². The van der Waals surface area contributed by atoms with Gasteiger partial charge < -0.3 is 0 Å². The number of hydrogen-bond acceptors (Lipinski definition) is 1. The molecule has 1 nitrogen and oxygen atoms in total. The van der Waals surface area contributed by atoms with Gasteiger partial charge in [0, 0.05) is 0 Å². The third kappa shape index (κ3) is 3.97. The molecule has 2 unspecified atom stereocenters. The van der Waals surface area contributed by atoms with E-state index in [0.717, 1.165) is 6.54 Å². The molecule has 6 rings (SSSR count). The summed E-state index contributed by atoms with van der Waals surface area (Å²) in [5.74, 6) is 1.38. The second-order valence-electron chi connectivity index (χ2n) is 10.7. The first-order valence-corrected chi connectivity index (χ1v) is 18.4. The molecule has 1 aliphatic heterocycles. The van der Waals surface area contributed by atoms with Gasteiger partial charge in [0.1, 0.15) is 0 Å². The molecule has 36 heavy (non-hydrogen) atoms. The third-order valence-corrected chi connectivity index (χ3v) is 21.5. The summed E-state index contributed by atoms with van der Waals surface area (Å²) in [4.78, 5) is 2.76. The minimum absolute atomic E-state index is 0.643. The Morgan fingerprint density at radius 1 is 0.583 bits per heavy atom. The molecule has 1 heterocycles. The molecule has 184 valence electrons. The van der Waals surface area contributed by atoms with Crippen molar-refractivity contribution in [2.75, 3.05) is 13.1 Å². The van der Waals surface area contributed by atoms with E-state index in [-0.39, 0.29) is 0 Å². The van der Waals surface area contributed by atoms with Crippen LogP contribution in [0.5, 0.6) is 0 Å². The predicted molar refractivity (Wildman–Crippen MR) is 166 cm³/mol. The van der Waals surface area contributed by atoms with Gasteiger partial charge >= 0.3 is 230 Å². The van der Waals surface area contributed by atoms with Gasteiger partial charge in [0.25, 0.3) is 0 Å². The zero-order chi connectivity index (χ0) is 24.5. The molecule has 0 amide bonds. The molecule has 2 aliphatic rings. The maximum absolute atomic E-state index is 3.06.